The Bertz CT molecular complexity index is 527. The molecule has 1 unspecified atom stereocenters. The van der Waals surface area contributed by atoms with Crippen LogP contribution in [0.25, 0.3) is 0 Å². The molecule has 0 amide bonds. The van der Waals surface area contributed by atoms with E-state index in [4.69, 9.17) is 0 Å². The average Bonchev–Trinajstić information content (AvgIpc) is 3.03. The molecule has 6 nitrogen and oxygen atoms in total. The maximum atomic E-state index is 4.41. The maximum Gasteiger partial charge on any atom is 0.138 e. The highest BCUT2D eigenvalue weighted by atomic mass is 15.3. The van der Waals surface area contributed by atoms with Crippen LogP contribution in [0.2, 0.25) is 0 Å². The molecule has 20 heavy (non-hydrogen) atoms. The van der Waals surface area contributed by atoms with Crippen LogP contribution in [0.1, 0.15) is 50.8 Å². The largest absolute Gasteiger partial charge is 0.308 e. The third-order valence-corrected chi connectivity index (χ3v) is 3.38. The normalized spacial score (nSPS) is 13.1. The number of hydrogen-bond acceptors (Lipinski definition) is 4. The van der Waals surface area contributed by atoms with Gasteiger partial charge in [0.25, 0.3) is 0 Å². The first-order chi connectivity index (χ1) is 9.63. The Morgan fingerprint density at radius 1 is 1.30 bits per heavy atom. The average molecular weight is 276 g/mol. The molecule has 6 heteroatoms. The number of nitrogens with one attached hydrogen (secondary N) is 1. The van der Waals surface area contributed by atoms with Crippen LogP contribution >= 0.6 is 0 Å². The minimum Gasteiger partial charge on any atom is -0.308 e. The van der Waals surface area contributed by atoms with Crippen LogP contribution in [0.3, 0.4) is 0 Å². The number of rotatable bonds is 7. The van der Waals surface area contributed by atoms with E-state index in [0.29, 0.717) is 6.04 Å². The van der Waals surface area contributed by atoms with Crippen LogP contribution in [0.4, 0.5) is 0 Å². The van der Waals surface area contributed by atoms with E-state index < -0.39 is 0 Å². The van der Waals surface area contributed by atoms with Crippen molar-refractivity contribution in [2.45, 2.75) is 45.7 Å². The van der Waals surface area contributed by atoms with Crippen molar-refractivity contribution in [3.63, 3.8) is 0 Å². The van der Waals surface area contributed by atoms with E-state index in [9.17, 15) is 0 Å². The van der Waals surface area contributed by atoms with E-state index in [0.717, 1.165) is 25.2 Å². The van der Waals surface area contributed by atoms with Gasteiger partial charge in [-0.3, -0.25) is 4.68 Å². The van der Waals surface area contributed by atoms with Crippen LogP contribution in [0.15, 0.2) is 18.6 Å². The summed E-state index contributed by atoms with van der Waals surface area (Å²) < 4.78 is 3.90. The quantitative estimate of drug-likeness (QED) is 0.838. The molecule has 2 aromatic heterocycles. The van der Waals surface area contributed by atoms with Gasteiger partial charge in [-0.05, 0) is 32.9 Å². The molecule has 0 radical (unpaired) electrons. The smallest absolute Gasteiger partial charge is 0.138 e. The van der Waals surface area contributed by atoms with Gasteiger partial charge in [-0.2, -0.15) is 10.2 Å². The van der Waals surface area contributed by atoms with Gasteiger partial charge in [-0.1, -0.05) is 6.92 Å². The number of nitrogens with zero attached hydrogens (tertiary/aromatic N) is 5. The number of aryl methyl sites for hydroxylation is 1. The minimum atomic E-state index is 0.212. The van der Waals surface area contributed by atoms with E-state index in [1.165, 1.54) is 5.69 Å². The lowest BCUT2D eigenvalue weighted by atomic mass is 10.1. The van der Waals surface area contributed by atoms with Crippen molar-refractivity contribution < 1.29 is 0 Å². The summed E-state index contributed by atoms with van der Waals surface area (Å²) in [6.45, 7) is 7.39. The minimum absolute atomic E-state index is 0.212. The van der Waals surface area contributed by atoms with E-state index in [-0.39, 0.29) is 6.04 Å². The molecule has 0 aliphatic carbocycles. The second kappa shape index (κ2) is 6.65. The third kappa shape index (κ3) is 3.25. The highest BCUT2D eigenvalue weighted by Gasteiger charge is 2.18. The number of aromatic nitrogens is 5. The molecule has 2 rings (SSSR count). The molecule has 0 fully saturated rings. The SMILES string of the molecule is CCCNC(Cc1ncnn1C(C)C)c1ccnn1C. The highest BCUT2D eigenvalue weighted by Crippen LogP contribution is 2.18. The summed E-state index contributed by atoms with van der Waals surface area (Å²) in [6, 6.07) is 2.60. The van der Waals surface area contributed by atoms with Crippen LogP contribution in [0.5, 0.6) is 0 Å². The van der Waals surface area contributed by atoms with Gasteiger partial charge in [-0.15, -0.1) is 0 Å². The molecular formula is C14H24N6. The molecule has 0 bridgehead atoms. The third-order valence-electron chi connectivity index (χ3n) is 3.38. The van der Waals surface area contributed by atoms with E-state index in [1.54, 1.807) is 6.33 Å². The standard InChI is InChI=1S/C14H24N6/c1-5-7-15-12(13-6-8-17-19(13)4)9-14-16-10-18-20(14)11(2)3/h6,8,10-12,15H,5,7,9H2,1-4H3. The fraction of sp³-hybridized carbons (Fsp3) is 0.643. The molecule has 0 aliphatic rings. The molecule has 2 heterocycles. The van der Waals surface area contributed by atoms with Crippen molar-refractivity contribution in [3.05, 3.63) is 30.1 Å². The highest BCUT2D eigenvalue weighted by molar-refractivity contribution is 5.09. The first-order valence-corrected chi connectivity index (χ1v) is 7.23. The predicted molar refractivity (Wildman–Crippen MR) is 78.4 cm³/mol. The van der Waals surface area contributed by atoms with Gasteiger partial charge in [0.1, 0.15) is 12.2 Å². The number of hydrogen-bond donors (Lipinski definition) is 1. The van der Waals surface area contributed by atoms with Crippen LogP contribution in [0, 0.1) is 0 Å². The summed E-state index contributed by atoms with van der Waals surface area (Å²) in [5.41, 5.74) is 1.18. The molecule has 0 aliphatic heterocycles. The monoisotopic (exact) mass is 276 g/mol. The van der Waals surface area contributed by atoms with E-state index in [2.05, 4.69) is 47.3 Å². The molecular weight excluding hydrogens is 252 g/mol. The molecule has 0 spiro atoms. The lowest BCUT2D eigenvalue weighted by Gasteiger charge is -2.19. The summed E-state index contributed by atoms with van der Waals surface area (Å²) >= 11 is 0. The zero-order valence-electron chi connectivity index (χ0n) is 12.7. The Hall–Kier alpha value is -1.69. The van der Waals surface area contributed by atoms with Crippen LogP contribution in [-0.4, -0.2) is 31.1 Å². The van der Waals surface area contributed by atoms with Crippen molar-refractivity contribution in [1.82, 2.24) is 29.9 Å². The summed E-state index contributed by atoms with van der Waals surface area (Å²) in [4.78, 5) is 4.41. The zero-order chi connectivity index (χ0) is 14.5. The molecule has 1 N–H and O–H groups in total. The predicted octanol–water partition coefficient (Wildman–Crippen LogP) is 1.88. The van der Waals surface area contributed by atoms with Crippen molar-refractivity contribution >= 4 is 0 Å². The lowest BCUT2D eigenvalue weighted by Crippen LogP contribution is -2.27. The van der Waals surface area contributed by atoms with Crippen LogP contribution < -0.4 is 5.32 Å². The van der Waals surface area contributed by atoms with Crippen LogP contribution in [-0.2, 0) is 13.5 Å². The molecule has 0 saturated heterocycles. The van der Waals surface area contributed by atoms with Gasteiger partial charge in [-0.25, -0.2) is 9.67 Å². The fourth-order valence-corrected chi connectivity index (χ4v) is 2.36. The molecule has 2 aromatic rings. The Balaban J connectivity index is 2.19. The van der Waals surface area contributed by atoms with Gasteiger partial charge in [0, 0.05) is 25.7 Å². The summed E-state index contributed by atoms with van der Waals surface area (Å²) in [7, 11) is 1.98. The topological polar surface area (TPSA) is 60.6 Å². The Kier molecular flexibility index (Phi) is 4.89. The Labute approximate surface area is 120 Å². The van der Waals surface area contributed by atoms with E-state index >= 15 is 0 Å². The first-order valence-electron chi connectivity index (χ1n) is 7.23. The summed E-state index contributed by atoms with van der Waals surface area (Å²) in [5, 5.41) is 12.1. The maximum absolute atomic E-state index is 4.41. The van der Waals surface area contributed by atoms with Crippen molar-refractivity contribution in [3.8, 4) is 0 Å². The van der Waals surface area contributed by atoms with Crippen molar-refractivity contribution in [1.29, 1.82) is 0 Å². The summed E-state index contributed by atoms with van der Waals surface area (Å²) in [6.07, 6.45) is 5.39. The second-order valence-corrected chi connectivity index (χ2v) is 5.31. The van der Waals surface area contributed by atoms with E-state index in [1.807, 2.05) is 22.6 Å². The van der Waals surface area contributed by atoms with Gasteiger partial charge in [0.05, 0.1) is 11.7 Å². The van der Waals surface area contributed by atoms with Gasteiger partial charge >= 0.3 is 0 Å². The van der Waals surface area contributed by atoms with Gasteiger partial charge in [0.2, 0.25) is 0 Å². The van der Waals surface area contributed by atoms with Crippen molar-refractivity contribution in [2.24, 2.45) is 7.05 Å². The van der Waals surface area contributed by atoms with Gasteiger partial charge < -0.3 is 5.32 Å². The first kappa shape index (κ1) is 14.7. The summed E-state index contributed by atoms with van der Waals surface area (Å²) in [5.74, 6) is 1.01. The Morgan fingerprint density at radius 2 is 2.10 bits per heavy atom. The molecule has 1 atom stereocenters. The fourth-order valence-electron chi connectivity index (χ4n) is 2.36. The molecule has 110 valence electrons. The second-order valence-electron chi connectivity index (χ2n) is 5.31. The van der Waals surface area contributed by atoms with Gasteiger partial charge in [0.15, 0.2) is 0 Å². The molecule has 0 aromatic carbocycles. The zero-order valence-corrected chi connectivity index (χ0v) is 12.7. The lowest BCUT2D eigenvalue weighted by molar-refractivity contribution is 0.447. The molecule has 0 saturated carbocycles. The van der Waals surface area contributed by atoms with Crippen molar-refractivity contribution in [2.75, 3.05) is 6.54 Å². The Morgan fingerprint density at radius 3 is 2.70 bits per heavy atom.